The van der Waals surface area contributed by atoms with Crippen LogP contribution in [0.2, 0.25) is 0 Å². The molecule has 0 aliphatic rings. The Morgan fingerprint density at radius 1 is 1.86 bits per heavy atom. The van der Waals surface area contributed by atoms with Gasteiger partial charge < -0.3 is 5.11 Å². The zero-order chi connectivity index (χ0) is 5.70. The molecule has 7 heavy (non-hydrogen) atoms. The highest BCUT2D eigenvalue weighted by Crippen LogP contribution is 1.66. The molecule has 0 radical (unpaired) electrons. The van der Waals surface area contributed by atoms with Crippen molar-refractivity contribution in [3.8, 4) is 0 Å². The fourth-order valence-corrected chi connectivity index (χ4v) is 0.195. The summed E-state index contributed by atoms with van der Waals surface area (Å²) in [5.74, 6) is -0.795. The molecule has 0 saturated carbocycles. The predicted octanol–water partition coefficient (Wildman–Crippen LogP) is -1.76. The first-order valence-corrected chi connectivity index (χ1v) is 1.99. The average Bonchev–Trinajstić information content (AvgIpc) is 1.61. The quantitative estimate of drug-likeness (QED) is 0.415. The smallest absolute Gasteiger partial charge is 0.309 e. The lowest BCUT2D eigenvalue weighted by Gasteiger charge is -1.78. The Morgan fingerprint density at radius 3 is 2.57 bits per heavy atom. The van der Waals surface area contributed by atoms with E-state index < -0.39 is 5.97 Å². The van der Waals surface area contributed by atoms with Crippen LogP contribution in [0.4, 0.5) is 0 Å². The Bertz CT molecular complexity index is 79.8. The third-order valence-corrected chi connectivity index (χ3v) is 0.516. The van der Waals surface area contributed by atoms with Gasteiger partial charge in [0.15, 0.2) is 6.54 Å². The number of carbonyl (C=O) groups is 1. The summed E-state index contributed by atoms with van der Waals surface area (Å²) in [5.41, 5.74) is 0. The highest BCUT2D eigenvalue weighted by atomic mass is 16.4. The van der Waals surface area contributed by atoms with Crippen molar-refractivity contribution in [2.24, 2.45) is 0 Å². The topological polar surface area (TPSA) is 51.3 Å². The summed E-state index contributed by atoms with van der Waals surface area (Å²) in [7, 11) is 0. The molecular formula is C4H8NO2+. The van der Waals surface area contributed by atoms with E-state index in [9.17, 15) is 4.79 Å². The highest BCUT2D eigenvalue weighted by molar-refractivity contribution is 5.66. The predicted molar refractivity (Wildman–Crippen MR) is 25.2 cm³/mol. The molecule has 0 aromatic carbocycles. The van der Waals surface area contributed by atoms with Crippen LogP contribution in [0.3, 0.4) is 0 Å². The maximum Gasteiger partial charge on any atom is 0.309 e. The summed E-state index contributed by atoms with van der Waals surface area (Å²) in [6.45, 7) is 3.68. The Kier molecular flexibility index (Phi) is 2.92. The van der Waals surface area contributed by atoms with E-state index in [-0.39, 0.29) is 6.42 Å². The van der Waals surface area contributed by atoms with E-state index in [1.54, 1.807) is 0 Å². The highest BCUT2D eigenvalue weighted by Gasteiger charge is 1.93. The minimum absolute atomic E-state index is 0.142. The van der Waals surface area contributed by atoms with Gasteiger partial charge in [0.2, 0.25) is 0 Å². The van der Waals surface area contributed by atoms with Gasteiger partial charge in [0.25, 0.3) is 0 Å². The maximum absolute atomic E-state index is 9.69. The lowest BCUT2D eigenvalue weighted by atomic mass is 10.4. The largest absolute Gasteiger partial charge is 0.481 e. The average molecular weight is 102 g/mol. The lowest BCUT2D eigenvalue weighted by molar-refractivity contribution is -0.445. The van der Waals surface area contributed by atoms with E-state index in [2.05, 4.69) is 11.7 Å². The first-order chi connectivity index (χ1) is 3.27. The Labute approximate surface area is 41.7 Å². The number of hydrogen-bond acceptors (Lipinski definition) is 1. The lowest BCUT2D eigenvalue weighted by Crippen LogP contribution is -2.66. The van der Waals surface area contributed by atoms with E-state index >= 15 is 0 Å². The van der Waals surface area contributed by atoms with Crippen LogP contribution in [0.5, 0.6) is 0 Å². The van der Waals surface area contributed by atoms with Crippen LogP contribution in [-0.2, 0) is 4.79 Å². The van der Waals surface area contributed by atoms with Gasteiger partial charge in [-0.1, -0.05) is 0 Å². The van der Waals surface area contributed by atoms with Gasteiger partial charge in [-0.3, -0.25) is 9.79 Å². The van der Waals surface area contributed by atoms with Gasteiger partial charge in [-0.15, -0.1) is 0 Å². The van der Waals surface area contributed by atoms with Crippen LogP contribution >= 0.6 is 0 Å². The molecule has 0 aromatic rings. The molecule has 0 fully saturated rings. The van der Waals surface area contributed by atoms with Crippen molar-refractivity contribution in [3.05, 3.63) is 0 Å². The van der Waals surface area contributed by atoms with E-state index in [1.165, 1.54) is 0 Å². The molecule has 2 N–H and O–H groups in total. The minimum atomic E-state index is -0.795. The SMILES string of the molecule is C=[NH+]CCC(=O)O. The Hall–Kier alpha value is -0.860. The summed E-state index contributed by atoms with van der Waals surface area (Å²) in [6, 6.07) is 0. The van der Waals surface area contributed by atoms with Crippen molar-refractivity contribution in [1.82, 2.24) is 0 Å². The van der Waals surface area contributed by atoms with Crippen molar-refractivity contribution < 1.29 is 14.9 Å². The third kappa shape index (κ3) is 5.14. The van der Waals surface area contributed by atoms with Crippen LogP contribution in [0.15, 0.2) is 0 Å². The number of carboxylic acid groups (broad SMARTS) is 1. The molecule has 0 rings (SSSR count). The molecule has 0 aromatic heterocycles. The van der Waals surface area contributed by atoms with Crippen LogP contribution in [-0.4, -0.2) is 24.3 Å². The zero-order valence-electron chi connectivity index (χ0n) is 3.98. The van der Waals surface area contributed by atoms with Crippen molar-refractivity contribution in [2.75, 3.05) is 6.54 Å². The van der Waals surface area contributed by atoms with Crippen LogP contribution in [0.25, 0.3) is 0 Å². The molecule has 0 unspecified atom stereocenters. The van der Waals surface area contributed by atoms with Gasteiger partial charge >= 0.3 is 5.97 Å². The normalized spacial score (nSPS) is 8.00. The first-order valence-electron chi connectivity index (χ1n) is 1.99. The number of aliphatic carboxylic acids is 1. The molecule has 0 heterocycles. The standard InChI is InChI=1S/C4H7NO2/c1-5-3-2-4(6)7/h1-3H2,(H,6,7)/p+1. The van der Waals surface area contributed by atoms with Crippen molar-refractivity contribution in [3.63, 3.8) is 0 Å². The van der Waals surface area contributed by atoms with Crippen molar-refractivity contribution >= 4 is 12.7 Å². The van der Waals surface area contributed by atoms with Gasteiger partial charge in [-0.25, -0.2) is 0 Å². The monoisotopic (exact) mass is 102 g/mol. The van der Waals surface area contributed by atoms with E-state index in [0.29, 0.717) is 6.54 Å². The molecule has 0 amide bonds. The van der Waals surface area contributed by atoms with Crippen LogP contribution in [0, 0.1) is 0 Å². The van der Waals surface area contributed by atoms with Crippen molar-refractivity contribution in [1.29, 1.82) is 0 Å². The van der Waals surface area contributed by atoms with Gasteiger partial charge in [0.05, 0.1) is 0 Å². The Morgan fingerprint density at radius 2 is 2.43 bits per heavy atom. The molecule has 3 nitrogen and oxygen atoms in total. The van der Waals surface area contributed by atoms with E-state index in [4.69, 9.17) is 5.11 Å². The molecule has 3 heteroatoms. The summed E-state index contributed by atoms with van der Waals surface area (Å²) >= 11 is 0. The first kappa shape index (κ1) is 6.14. The van der Waals surface area contributed by atoms with E-state index in [0.717, 1.165) is 0 Å². The number of hydrogen-bond donors (Lipinski definition) is 2. The van der Waals surface area contributed by atoms with Crippen LogP contribution < -0.4 is 4.99 Å². The summed E-state index contributed by atoms with van der Waals surface area (Å²) in [5, 5.41) is 7.98. The second-order valence-electron chi connectivity index (χ2n) is 1.14. The molecule has 0 bridgehead atoms. The van der Waals surface area contributed by atoms with Gasteiger partial charge in [-0.05, 0) is 0 Å². The minimum Gasteiger partial charge on any atom is -0.481 e. The Balaban J connectivity index is 2.97. The second kappa shape index (κ2) is 3.33. The van der Waals surface area contributed by atoms with Gasteiger partial charge in [-0.2, -0.15) is 0 Å². The van der Waals surface area contributed by atoms with E-state index in [1.807, 2.05) is 0 Å². The summed E-state index contributed by atoms with van der Waals surface area (Å²) in [6.07, 6.45) is 0.142. The molecule has 0 aliphatic heterocycles. The number of carboxylic acids is 1. The molecular weight excluding hydrogens is 94.0 g/mol. The molecule has 0 saturated heterocycles. The fourth-order valence-electron chi connectivity index (χ4n) is 0.195. The molecule has 0 atom stereocenters. The van der Waals surface area contributed by atoms with Gasteiger partial charge in [0.1, 0.15) is 13.1 Å². The van der Waals surface area contributed by atoms with Crippen LogP contribution in [0.1, 0.15) is 6.42 Å². The van der Waals surface area contributed by atoms with Gasteiger partial charge in [0, 0.05) is 0 Å². The second-order valence-corrected chi connectivity index (χ2v) is 1.14. The number of rotatable bonds is 3. The summed E-state index contributed by atoms with van der Waals surface area (Å²) in [4.78, 5) is 12.2. The molecule has 0 aliphatic carbocycles. The van der Waals surface area contributed by atoms with Crippen molar-refractivity contribution in [2.45, 2.75) is 6.42 Å². The third-order valence-electron chi connectivity index (χ3n) is 0.516. The fraction of sp³-hybridized carbons (Fsp3) is 0.500. The molecule has 0 spiro atoms. The molecule has 40 valence electrons. The number of nitrogens with one attached hydrogen (secondary N) is 1. The zero-order valence-corrected chi connectivity index (χ0v) is 3.98. The summed E-state index contributed by atoms with van der Waals surface area (Å²) < 4.78 is 0. The maximum atomic E-state index is 9.69.